The molecule has 28 heavy (non-hydrogen) atoms. The molecule has 1 heterocycles. The topological polar surface area (TPSA) is 102 Å². The number of hydrogen-bond acceptors (Lipinski definition) is 3. The molecule has 3 rings (SSSR count). The van der Waals surface area contributed by atoms with Crippen LogP contribution in [0.15, 0.2) is 60.9 Å². The van der Waals surface area contributed by atoms with Gasteiger partial charge in [0.1, 0.15) is 0 Å². The number of amides is 3. The van der Waals surface area contributed by atoms with Gasteiger partial charge in [-0.1, -0.05) is 42.5 Å². The fraction of sp³-hybridized carbons (Fsp3) is 0.190. The Labute approximate surface area is 163 Å². The monoisotopic (exact) mass is 377 g/mol. The normalized spacial score (nSPS) is 10.5. The first-order valence-corrected chi connectivity index (χ1v) is 8.98. The van der Waals surface area contributed by atoms with Crippen LogP contribution < -0.4 is 16.4 Å². The standard InChI is InChI=1S/C21H23N5O2/c1-23-21(28)25-17-9-5-8-16(10-17)13-26-14-24-18(19(26)12-20(22)27)11-15-6-3-2-4-7-15/h2-10,14H,11-13H2,1H3,(H2,22,27)(H2,23,25,28). The Hall–Kier alpha value is -3.61. The molecule has 0 saturated carbocycles. The third-order valence-corrected chi connectivity index (χ3v) is 4.35. The fourth-order valence-corrected chi connectivity index (χ4v) is 3.03. The molecule has 2 aromatic carbocycles. The Morgan fingerprint density at radius 1 is 1.07 bits per heavy atom. The first-order valence-electron chi connectivity index (χ1n) is 8.98. The highest BCUT2D eigenvalue weighted by Crippen LogP contribution is 2.17. The van der Waals surface area contributed by atoms with Crippen molar-refractivity contribution in [2.24, 2.45) is 5.73 Å². The SMILES string of the molecule is CNC(=O)Nc1cccc(Cn2cnc(Cc3ccccc3)c2CC(N)=O)c1. The van der Waals surface area contributed by atoms with Crippen molar-refractivity contribution in [2.45, 2.75) is 19.4 Å². The van der Waals surface area contributed by atoms with Crippen LogP contribution in [0.25, 0.3) is 0 Å². The fourth-order valence-electron chi connectivity index (χ4n) is 3.03. The summed E-state index contributed by atoms with van der Waals surface area (Å²) in [6.07, 6.45) is 2.49. The number of nitrogens with zero attached hydrogens (tertiary/aromatic N) is 2. The number of aromatic nitrogens is 2. The highest BCUT2D eigenvalue weighted by atomic mass is 16.2. The third-order valence-electron chi connectivity index (χ3n) is 4.35. The lowest BCUT2D eigenvalue weighted by atomic mass is 10.1. The average molecular weight is 377 g/mol. The summed E-state index contributed by atoms with van der Waals surface area (Å²) in [5.41, 5.74) is 9.90. The maximum atomic E-state index is 11.6. The number of carbonyl (C=O) groups excluding carboxylic acids is 2. The lowest BCUT2D eigenvalue weighted by molar-refractivity contribution is -0.117. The molecule has 7 heteroatoms. The third kappa shape index (κ3) is 4.97. The van der Waals surface area contributed by atoms with Crippen molar-refractivity contribution >= 4 is 17.6 Å². The van der Waals surface area contributed by atoms with Crippen molar-refractivity contribution in [3.63, 3.8) is 0 Å². The Balaban J connectivity index is 1.84. The first-order chi connectivity index (χ1) is 13.5. The van der Waals surface area contributed by atoms with Gasteiger partial charge in [-0.2, -0.15) is 0 Å². The van der Waals surface area contributed by atoms with E-state index in [0.29, 0.717) is 18.7 Å². The first kappa shape index (κ1) is 19.2. The molecule has 0 fully saturated rings. The largest absolute Gasteiger partial charge is 0.369 e. The Morgan fingerprint density at radius 2 is 1.82 bits per heavy atom. The second-order valence-corrected chi connectivity index (χ2v) is 6.48. The van der Waals surface area contributed by atoms with E-state index in [1.165, 1.54) is 0 Å². The Bertz CT molecular complexity index is 966. The van der Waals surface area contributed by atoms with Gasteiger partial charge >= 0.3 is 6.03 Å². The van der Waals surface area contributed by atoms with Gasteiger partial charge in [-0.25, -0.2) is 9.78 Å². The number of carbonyl (C=O) groups is 2. The minimum atomic E-state index is -0.397. The number of nitrogens with two attached hydrogens (primary N) is 1. The van der Waals surface area contributed by atoms with E-state index in [2.05, 4.69) is 15.6 Å². The number of anilines is 1. The zero-order chi connectivity index (χ0) is 19.9. The van der Waals surface area contributed by atoms with E-state index >= 15 is 0 Å². The van der Waals surface area contributed by atoms with E-state index in [4.69, 9.17) is 5.73 Å². The second-order valence-electron chi connectivity index (χ2n) is 6.48. The molecule has 0 aliphatic rings. The van der Waals surface area contributed by atoms with Crippen LogP contribution in [-0.2, 0) is 24.2 Å². The molecule has 0 radical (unpaired) electrons. The van der Waals surface area contributed by atoms with Crippen LogP contribution in [0.5, 0.6) is 0 Å². The van der Waals surface area contributed by atoms with E-state index in [1.54, 1.807) is 13.4 Å². The summed E-state index contributed by atoms with van der Waals surface area (Å²) in [5.74, 6) is -0.397. The minimum absolute atomic E-state index is 0.123. The lowest BCUT2D eigenvalue weighted by Crippen LogP contribution is -2.24. The highest BCUT2D eigenvalue weighted by molar-refractivity contribution is 5.89. The molecule has 0 aliphatic carbocycles. The van der Waals surface area contributed by atoms with E-state index in [0.717, 1.165) is 22.5 Å². The molecule has 0 aliphatic heterocycles. The number of rotatable bonds is 7. The number of urea groups is 1. The smallest absolute Gasteiger partial charge is 0.318 e. The van der Waals surface area contributed by atoms with Crippen LogP contribution in [-0.4, -0.2) is 28.5 Å². The molecule has 0 unspecified atom stereocenters. The second kappa shape index (κ2) is 8.85. The molecule has 3 aromatic rings. The van der Waals surface area contributed by atoms with Gasteiger partial charge in [0.2, 0.25) is 5.91 Å². The zero-order valence-electron chi connectivity index (χ0n) is 15.7. The predicted molar refractivity (Wildman–Crippen MR) is 108 cm³/mol. The summed E-state index contributed by atoms with van der Waals surface area (Å²) in [5, 5.41) is 5.28. The van der Waals surface area contributed by atoms with Gasteiger partial charge in [0.25, 0.3) is 0 Å². The van der Waals surface area contributed by atoms with Gasteiger partial charge in [-0.3, -0.25) is 4.79 Å². The van der Waals surface area contributed by atoms with Gasteiger partial charge in [-0.05, 0) is 23.3 Å². The van der Waals surface area contributed by atoms with Crippen molar-refractivity contribution in [1.29, 1.82) is 0 Å². The maximum Gasteiger partial charge on any atom is 0.318 e. The van der Waals surface area contributed by atoms with Crippen LogP contribution in [0.3, 0.4) is 0 Å². The Morgan fingerprint density at radius 3 is 2.54 bits per heavy atom. The molecule has 1 aromatic heterocycles. The summed E-state index contributed by atoms with van der Waals surface area (Å²) in [7, 11) is 1.56. The van der Waals surface area contributed by atoms with Gasteiger partial charge in [0.05, 0.1) is 24.1 Å². The van der Waals surface area contributed by atoms with Crippen molar-refractivity contribution in [3.05, 3.63) is 83.4 Å². The quantitative estimate of drug-likeness (QED) is 0.589. The zero-order valence-corrected chi connectivity index (χ0v) is 15.7. The van der Waals surface area contributed by atoms with Crippen LogP contribution in [0, 0.1) is 0 Å². The highest BCUT2D eigenvalue weighted by Gasteiger charge is 2.14. The summed E-state index contributed by atoms with van der Waals surface area (Å²) in [6.45, 7) is 0.521. The van der Waals surface area contributed by atoms with Crippen LogP contribution in [0.4, 0.5) is 10.5 Å². The molecule has 3 amide bonds. The average Bonchev–Trinajstić information content (AvgIpc) is 3.03. The molecule has 0 atom stereocenters. The molecule has 7 nitrogen and oxygen atoms in total. The van der Waals surface area contributed by atoms with Gasteiger partial charge in [0, 0.05) is 25.7 Å². The van der Waals surface area contributed by atoms with E-state index in [1.807, 2.05) is 59.2 Å². The van der Waals surface area contributed by atoms with Crippen LogP contribution in [0.1, 0.15) is 22.5 Å². The van der Waals surface area contributed by atoms with Crippen molar-refractivity contribution in [1.82, 2.24) is 14.9 Å². The number of primary amides is 1. The van der Waals surface area contributed by atoms with Gasteiger partial charge in [-0.15, -0.1) is 0 Å². The number of benzene rings is 2. The molecule has 0 spiro atoms. The Kier molecular flexibility index (Phi) is 6.06. The molecular formula is C21H23N5O2. The molecule has 0 saturated heterocycles. The van der Waals surface area contributed by atoms with Crippen LogP contribution >= 0.6 is 0 Å². The summed E-state index contributed by atoms with van der Waals surface area (Å²) in [6, 6.07) is 17.2. The number of nitrogens with one attached hydrogen (secondary N) is 2. The van der Waals surface area contributed by atoms with Crippen molar-refractivity contribution in [3.8, 4) is 0 Å². The maximum absolute atomic E-state index is 11.6. The molecule has 144 valence electrons. The lowest BCUT2D eigenvalue weighted by Gasteiger charge is -2.11. The van der Waals surface area contributed by atoms with E-state index < -0.39 is 5.91 Å². The number of hydrogen-bond donors (Lipinski definition) is 3. The predicted octanol–water partition coefficient (Wildman–Crippen LogP) is 2.30. The van der Waals surface area contributed by atoms with Gasteiger partial charge in [0.15, 0.2) is 0 Å². The van der Waals surface area contributed by atoms with Crippen LogP contribution in [0.2, 0.25) is 0 Å². The minimum Gasteiger partial charge on any atom is -0.369 e. The van der Waals surface area contributed by atoms with E-state index in [9.17, 15) is 9.59 Å². The summed E-state index contributed by atoms with van der Waals surface area (Å²) >= 11 is 0. The molecule has 0 bridgehead atoms. The summed E-state index contributed by atoms with van der Waals surface area (Å²) < 4.78 is 1.93. The number of imidazole rings is 1. The summed E-state index contributed by atoms with van der Waals surface area (Å²) in [4.78, 5) is 27.6. The molecular weight excluding hydrogens is 354 g/mol. The molecule has 4 N–H and O–H groups in total. The van der Waals surface area contributed by atoms with E-state index in [-0.39, 0.29) is 12.5 Å². The van der Waals surface area contributed by atoms with Gasteiger partial charge < -0.3 is 20.9 Å². The van der Waals surface area contributed by atoms with Crippen molar-refractivity contribution in [2.75, 3.05) is 12.4 Å². The van der Waals surface area contributed by atoms with Crippen molar-refractivity contribution < 1.29 is 9.59 Å².